The zero-order chi connectivity index (χ0) is 23.7. The third-order valence-electron chi connectivity index (χ3n) is 7.71. The first-order chi connectivity index (χ1) is 16.5. The van der Waals surface area contributed by atoms with Gasteiger partial charge in [0.05, 0.1) is 18.3 Å². The summed E-state index contributed by atoms with van der Waals surface area (Å²) >= 11 is 0. The van der Waals surface area contributed by atoms with Crippen LogP contribution in [0.2, 0.25) is 0 Å². The molecule has 1 aromatic carbocycles. The largest absolute Gasteiger partial charge is 0.376 e. The number of ether oxygens (including phenoxy) is 1. The van der Waals surface area contributed by atoms with E-state index in [1.54, 1.807) is 6.20 Å². The number of carbonyl (C=O) groups is 2. The number of likely N-dealkylation sites (tertiary alicyclic amines) is 1. The first-order valence-electron chi connectivity index (χ1n) is 12.4. The smallest absolute Gasteiger partial charge is 0.325 e. The quantitative estimate of drug-likeness (QED) is 0.665. The van der Waals surface area contributed by atoms with Crippen molar-refractivity contribution < 1.29 is 14.3 Å². The standard InChI is InChI=1S/C27H34N4O3/c1-19-8-9-20(2)21(16-19)17-30-13-10-22(11-14-30)27(24-7-3-4-12-28-24)25(32)31(26(33)29-27)18-23-6-5-15-34-23/h3-4,7-9,12,16,22-23H,5-6,10-11,13-15,17-18H2,1-2H3,(H,29,33)/t23-,27-/m1/s1. The number of nitrogens with zero attached hydrogens (tertiary/aromatic N) is 3. The van der Waals surface area contributed by atoms with Gasteiger partial charge in [-0.25, -0.2) is 4.79 Å². The third kappa shape index (κ3) is 4.23. The maximum Gasteiger partial charge on any atom is 0.325 e. The topological polar surface area (TPSA) is 74.8 Å². The van der Waals surface area contributed by atoms with Gasteiger partial charge in [-0.05, 0) is 81.8 Å². The van der Waals surface area contributed by atoms with Crippen LogP contribution in [-0.2, 0) is 21.6 Å². The molecule has 0 unspecified atom stereocenters. The van der Waals surface area contributed by atoms with E-state index in [1.807, 2.05) is 18.2 Å². The average molecular weight is 463 g/mol. The van der Waals surface area contributed by atoms with Gasteiger partial charge < -0.3 is 10.1 Å². The number of amides is 3. The van der Waals surface area contributed by atoms with Crippen LogP contribution >= 0.6 is 0 Å². The molecule has 1 N–H and O–H groups in total. The van der Waals surface area contributed by atoms with E-state index in [2.05, 4.69) is 47.2 Å². The number of carbonyl (C=O) groups excluding carboxylic acids is 2. The third-order valence-corrected chi connectivity index (χ3v) is 7.71. The summed E-state index contributed by atoms with van der Waals surface area (Å²) in [6.07, 6.45) is 5.12. The van der Waals surface area contributed by atoms with Gasteiger partial charge in [-0.3, -0.25) is 19.6 Å². The highest BCUT2D eigenvalue weighted by atomic mass is 16.5. The van der Waals surface area contributed by atoms with Crippen LogP contribution in [-0.4, -0.2) is 59.1 Å². The van der Waals surface area contributed by atoms with Gasteiger partial charge in [-0.1, -0.05) is 29.8 Å². The number of hydrogen-bond acceptors (Lipinski definition) is 5. The fraction of sp³-hybridized carbons (Fsp3) is 0.519. The lowest BCUT2D eigenvalue weighted by Crippen LogP contribution is -2.54. The Morgan fingerprint density at radius 1 is 1.12 bits per heavy atom. The van der Waals surface area contributed by atoms with Gasteiger partial charge in [-0.2, -0.15) is 0 Å². The fourth-order valence-corrected chi connectivity index (χ4v) is 5.74. The summed E-state index contributed by atoms with van der Waals surface area (Å²) in [4.78, 5) is 35.4. The molecule has 0 spiro atoms. The molecule has 7 heteroatoms. The monoisotopic (exact) mass is 462 g/mol. The molecule has 3 aliphatic rings. The van der Waals surface area contributed by atoms with Crippen LogP contribution in [0.4, 0.5) is 4.79 Å². The number of imide groups is 1. The van der Waals surface area contributed by atoms with Gasteiger partial charge in [-0.15, -0.1) is 0 Å². The summed E-state index contributed by atoms with van der Waals surface area (Å²) in [5, 5.41) is 3.11. The molecule has 0 aliphatic carbocycles. The van der Waals surface area contributed by atoms with Crippen molar-refractivity contribution in [3.8, 4) is 0 Å². The van der Waals surface area contributed by atoms with Gasteiger partial charge in [0.25, 0.3) is 5.91 Å². The number of pyridine rings is 1. The molecule has 0 bridgehead atoms. The van der Waals surface area contributed by atoms with Crippen molar-refractivity contribution in [2.45, 2.75) is 57.7 Å². The van der Waals surface area contributed by atoms with Crippen LogP contribution in [0.15, 0.2) is 42.6 Å². The first kappa shape index (κ1) is 23.0. The predicted molar refractivity (Wildman–Crippen MR) is 129 cm³/mol. The molecule has 3 amide bonds. The lowest BCUT2D eigenvalue weighted by atomic mass is 9.75. The summed E-state index contributed by atoms with van der Waals surface area (Å²) in [5.41, 5.74) is 3.46. The van der Waals surface area contributed by atoms with E-state index in [0.29, 0.717) is 18.8 Å². The lowest BCUT2D eigenvalue weighted by molar-refractivity contribution is -0.135. The maximum atomic E-state index is 13.9. The number of urea groups is 1. The summed E-state index contributed by atoms with van der Waals surface area (Å²) in [7, 11) is 0. The Labute approximate surface area is 201 Å². The van der Waals surface area contributed by atoms with Crippen LogP contribution in [0.25, 0.3) is 0 Å². The Hall–Kier alpha value is -2.77. The minimum atomic E-state index is -1.11. The Balaban J connectivity index is 1.36. The van der Waals surface area contributed by atoms with E-state index < -0.39 is 5.54 Å². The van der Waals surface area contributed by atoms with Crippen LogP contribution in [0, 0.1) is 19.8 Å². The van der Waals surface area contributed by atoms with E-state index >= 15 is 0 Å². The molecule has 180 valence electrons. The van der Waals surface area contributed by atoms with Crippen molar-refractivity contribution in [2.75, 3.05) is 26.2 Å². The van der Waals surface area contributed by atoms with Crippen molar-refractivity contribution in [1.82, 2.24) is 20.1 Å². The van der Waals surface area contributed by atoms with E-state index in [0.717, 1.165) is 45.3 Å². The van der Waals surface area contributed by atoms with Crippen molar-refractivity contribution in [3.63, 3.8) is 0 Å². The molecule has 4 heterocycles. The number of piperidine rings is 1. The van der Waals surface area contributed by atoms with Gasteiger partial charge in [0.2, 0.25) is 0 Å². The Morgan fingerprint density at radius 2 is 1.94 bits per heavy atom. The second kappa shape index (κ2) is 9.47. The lowest BCUT2D eigenvalue weighted by Gasteiger charge is -2.40. The van der Waals surface area contributed by atoms with Gasteiger partial charge >= 0.3 is 6.03 Å². The molecule has 0 radical (unpaired) electrons. The molecule has 2 atom stereocenters. The van der Waals surface area contributed by atoms with E-state index in [1.165, 1.54) is 21.6 Å². The van der Waals surface area contributed by atoms with E-state index in [-0.39, 0.29) is 24.0 Å². The highest BCUT2D eigenvalue weighted by molar-refractivity contribution is 6.07. The molecule has 0 saturated carbocycles. The molecule has 3 saturated heterocycles. The minimum absolute atomic E-state index is 0.0109. The Bertz CT molecular complexity index is 1050. The second-order valence-corrected chi connectivity index (χ2v) is 9.98. The van der Waals surface area contributed by atoms with Crippen LogP contribution in [0.1, 0.15) is 48.1 Å². The van der Waals surface area contributed by atoms with Crippen molar-refractivity contribution in [1.29, 1.82) is 0 Å². The first-order valence-corrected chi connectivity index (χ1v) is 12.4. The molecular formula is C27H34N4O3. The van der Waals surface area contributed by atoms with Crippen LogP contribution < -0.4 is 5.32 Å². The number of benzene rings is 1. The number of aryl methyl sites for hydroxylation is 2. The Kier molecular flexibility index (Phi) is 6.40. The molecule has 1 aromatic heterocycles. The summed E-state index contributed by atoms with van der Waals surface area (Å²) in [6, 6.07) is 11.9. The second-order valence-electron chi connectivity index (χ2n) is 9.98. The average Bonchev–Trinajstić information content (AvgIpc) is 3.45. The van der Waals surface area contributed by atoms with Crippen molar-refractivity contribution >= 4 is 11.9 Å². The zero-order valence-electron chi connectivity index (χ0n) is 20.1. The molecule has 2 aromatic rings. The molecule has 5 rings (SSSR count). The number of nitrogens with one attached hydrogen (secondary N) is 1. The zero-order valence-corrected chi connectivity index (χ0v) is 20.1. The summed E-state index contributed by atoms with van der Waals surface area (Å²) in [5.74, 6) is -0.192. The highest BCUT2D eigenvalue weighted by Crippen LogP contribution is 2.41. The number of hydrogen-bond donors (Lipinski definition) is 1. The number of aromatic nitrogens is 1. The van der Waals surface area contributed by atoms with Crippen LogP contribution in [0.3, 0.4) is 0 Å². The van der Waals surface area contributed by atoms with Crippen molar-refractivity contribution in [2.24, 2.45) is 5.92 Å². The molecular weight excluding hydrogens is 428 g/mol. The van der Waals surface area contributed by atoms with Crippen molar-refractivity contribution in [3.05, 3.63) is 65.0 Å². The maximum absolute atomic E-state index is 13.9. The van der Waals surface area contributed by atoms with Gasteiger partial charge in [0.15, 0.2) is 5.54 Å². The fourth-order valence-electron chi connectivity index (χ4n) is 5.74. The summed E-state index contributed by atoms with van der Waals surface area (Å²) < 4.78 is 5.72. The van der Waals surface area contributed by atoms with Gasteiger partial charge in [0.1, 0.15) is 0 Å². The highest BCUT2D eigenvalue weighted by Gasteiger charge is 2.58. The van der Waals surface area contributed by atoms with E-state index in [4.69, 9.17) is 4.74 Å². The Morgan fingerprint density at radius 3 is 2.65 bits per heavy atom. The summed E-state index contributed by atoms with van der Waals surface area (Å²) in [6.45, 7) is 7.95. The minimum Gasteiger partial charge on any atom is -0.376 e. The normalized spacial score (nSPS) is 26.3. The molecule has 3 aliphatic heterocycles. The van der Waals surface area contributed by atoms with E-state index in [9.17, 15) is 9.59 Å². The van der Waals surface area contributed by atoms with Gasteiger partial charge in [0, 0.05) is 19.3 Å². The molecule has 3 fully saturated rings. The molecule has 7 nitrogen and oxygen atoms in total. The number of rotatable bonds is 6. The van der Waals surface area contributed by atoms with Crippen LogP contribution in [0.5, 0.6) is 0 Å². The predicted octanol–water partition coefficient (Wildman–Crippen LogP) is 3.54. The molecule has 34 heavy (non-hydrogen) atoms. The SMILES string of the molecule is Cc1ccc(C)c(CN2CCC([C@]3(c4ccccn4)NC(=O)N(C[C@H]4CCCO4)C3=O)CC2)c1.